The van der Waals surface area contributed by atoms with Gasteiger partial charge in [-0.1, -0.05) is 32.0 Å². The first-order chi connectivity index (χ1) is 13.8. The molecule has 0 saturated carbocycles. The Hall–Kier alpha value is -3.08. The van der Waals surface area contributed by atoms with E-state index < -0.39 is 0 Å². The molecular formula is C24H28N2O3. The lowest BCUT2D eigenvalue weighted by atomic mass is 10.0. The Labute approximate surface area is 172 Å². The van der Waals surface area contributed by atoms with Gasteiger partial charge >= 0.3 is 0 Å². The molecule has 5 nitrogen and oxygen atoms in total. The summed E-state index contributed by atoms with van der Waals surface area (Å²) in [5, 5.41) is 3.21. The Kier molecular flexibility index (Phi) is 6.06. The van der Waals surface area contributed by atoms with Crippen LogP contribution in [0.2, 0.25) is 0 Å². The molecule has 2 amide bonds. The average Bonchev–Trinajstić information content (AvgIpc) is 2.89. The fourth-order valence-corrected chi connectivity index (χ4v) is 3.42. The molecule has 2 aromatic rings. The number of likely N-dealkylation sites (N-methyl/N-ethyl adjacent to an activating group) is 1. The average molecular weight is 392 g/mol. The molecule has 3 rings (SSSR count). The lowest BCUT2D eigenvalue weighted by molar-refractivity contribution is -0.136. The standard InChI is InChI=1S/C24H28N2O3/c1-6-26-23(27)21(18-7-9-20(10-8-18)29-14-15(2)3)22(24(26)28)25-19-12-16(4)11-17(5)13-19/h7-13,15,25H,6,14H2,1-5H3. The van der Waals surface area contributed by atoms with Gasteiger partial charge in [0.2, 0.25) is 0 Å². The minimum absolute atomic E-state index is 0.278. The molecule has 29 heavy (non-hydrogen) atoms. The minimum atomic E-state index is -0.299. The summed E-state index contributed by atoms with van der Waals surface area (Å²) in [5.74, 6) is 0.598. The second-order valence-electron chi connectivity index (χ2n) is 7.84. The Morgan fingerprint density at radius 1 is 0.966 bits per heavy atom. The summed E-state index contributed by atoms with van der Waals surface area (Å²) in [6.07, 6.45) is 0. The van der Waals surface area contributed by atoms with Gasteiger partial charge in [0.05, 0.1) is 12.2 Å². The predicted octanol–water partition coefficient (Wildman–Crippen LogP) is 4.55. The van der Waals surface area contributed by atoms with E-state index in [0.717, 1.165) is 22.6 Å². The molecule has 0 unspecified atom stereocenters. The normalized spacial score (nSPS) is 14.2. The van der Waals surface area contributed by atoms with Gasteiger partial charge in [-0.3, -0.25) is 14.5 Å². The fraction of sp³-hybridized carbons (Fsp3) is 0.333. The van der Waals surface area contributed by atoms with Gasteiger partial charge in [0.25, 0.3) is 11.8 Å². The molecule has 0 saturated heterocycles. The predicted molar refractivity (Wildman–Crippen MR) is 116 cm³/mol. The molecule has 0 atom stereocenters. The number of benzene rings is 2. The molecular weight excluding hydrogens is 364 g/mol. The zero-order valence-electron chi connectivity index (χ0n) is 17.7. The van der Waals surface area contributed by atoms with Gasteiger partial charge in [-0.2, -0.15) is 0 Å². The first-order valence-electron chi connectivity index (χ1n) is 9.99. The minimum Gasteiger partial charge on any atom is -0.493 e. The quantitative estimate of drug-likeness (QED) is 0.702. The van der Waals surface area contributed by atoms with Crippen LogP contribution in [0.1, 0.15) is 37.5 Å². The summed E-state index contributed by atoms with van der Waals surface area (Å²) < 4.78 is 5.73. The third-order valence-electron chi connectivity index (χ3n) is 4.70. The molecule has 0 fully saturated rings. The van der Waals surface area contributed by atoms with Crippen molar-refractivity contribution in [3.05, 3.63) is 64.9 Å². The van der Waals surface area contributed by atoms with Gasteiger partial charge in [0, 0.05) is 12.2 Å². The first-order valence-corrected chi connectivity index (χ1v) is 9.99. The van der Waals surface area contributed by atoms with Crippen LogP contribution in [0.5, 0.6) is 5.75 Å². The van der Waals surface area contributed by atoms with Crippen LogP contribution in [0.3, 0.4) is 0 Å². The number of nitrogens with zero attached hydrogens (tertiary/aromatic N) is 1. The molecule has 1 heterocycles. The van der Waals surface area contributed by atoms with E-state index in [1.54, 1.807) is 6.92 Å². The van der Waals surface area contributed by atoms with Crippen molar-refractivity contribution in [2.24, 2.45) is 5.92 Å². The third-order valence-corrected chi connectivity index (χ3v) is 4.70. The summed E-state index contributed by atoms with van der Waals surface area (Å²) in [6.45, 7) is 10.9. The number of carbonyl (C=O) groups excluding carboxylic acids is 2. The van der Waals surface area contributed by atoms with Crippen molar-refractivity contribution in [3.8, 4) is 5.75 Å². The maximum Gasteiger partial charge on any atom is 0.278 e. The van der Waals surface area contributed by atoms with Crippen LogP contribution in [0.15, 0.2) is 48.2 Å². The Morgan fingerprint density at radius 2 is 1.59 bits per heavy atom. The van der Waals surface area contributed by atoms with Gasteiger partial charge in [-0.05, 0) is 67.6 Å². The van der Waals surface area contributed by atoms with E-state index in [4.69, 9.17) is 4.74 Å². The number of anilines is 1. The second-order valence-corrected chi connectivity index (χ2v) is 7.84. The van der Waals surface area contributed by atoms with Crippen LogP contribution in [0, 0.1) is 19.8 Å². The number of carbonyl (C=O) groups is 2. The third kappa shape index (κ3) is 4.50. The molecule has 0 radical (unpaired) electrons. The largest absolute Gasteiger partial charge is 0.493 e. The molecule has 1 aliphatic heterocycles. The highest BCUT2D eigenvalue weighted by molar-refractivity contribution is 6.36. The van der Waals surface area contributed by atoms with Crippen molar-refractivity contribution in [1.82, 2.24) is 4.90 Å². The summed E-state index contributed by atoms with van der Waals surface area (Å²) >= 11 is 0. The van der Waals surface area contributed by atoms with Crippen molar-refractivity contribution in [2.45, 2.75) is 34.6 Å². The molecule has 0 spiro atoms. The van der Waals surface area contributed by atoms with Crippen molar-refractivity contribution in [2.75, 3.05) is 18.5 Å². The number of imide groups is 1. The summed E-state index contributed by atoms with van der Waals surface area (Å²) in [7, 11) is 0. The Morgan fingerprint density at radius 3 is 2.14 bits per heavy atom. The Balaban J connectivity index is 1.98. The van der Waals surface area contributed by atoms with Crippen LogP contribution in [0.4, 0.5) is 5.69 Å². The smallest absolute Gasteiger partial charge is 0.278 e. The van der Waals surface area contributed by atoms with E-state index in [-0.39, 0.29) is 11.8 Å². The summed E-state index contributed by atoms with van der Waals surface area (Å²) in [6, 6.07) is 13.3. The van der Waals surface area contributed by atoms with Crippen LogP contribution in [-0.2, 0) is 9.59 Å². The van der Waals surface area contributed by atoms with Crippen LogP contribution in [0.25, 0.3) is 5.57 Å². The van der Waals surface area contributed by atoms with E-state index in [2.05, 4.69) is 25.2 Å². The molecule has 0 bridgehead atoms. The number of amides is 2. The Bertz CT molecular complexity index is 938. The van der Waals surface area contributed by atoms with Gasteiger partial charge in [-0.25, -0.2) is 0 Å². The van der Waals surface area contributed by atoms with E-state index in [9.17, 15) is 9.59 Å². The highest BCUT2D eigenvalue weighted by Gasteiger charge is 2.38. The number of nitrogens with one attached hydrogen (secondary N) is 1. The van der Waals surface area contributed by atoms with Gasteiger partial charge in [0.1, 0.15) is 11.4 Å². The van der Waals surface area contributed by atoms with Crippen molar-refractivity contribution in [3.63, 3.8) is 0 Å². The molecule has 5 heteroatoms. The number of rotatable bonds is 7. The lowest BCUT2D eigenvalue weighted by Gasteiger charge is -2.12. The van der Waals surface area contributed by atoms with Gasteiger partial charge < -0.3 is 10.1 Å². The van der Waals surface area contributed by atoms with E-state index in [1.807, 2.05) is 50.2 Å². The first kappa shape index (κ1) is 20.6. The highest BCUT2D eigenvalue weighted by Crippen LogP contribution is 2.31. The zero-order valence-corrected chi connectivity index (χ0v) is 17.7. The fourth-order valence-electron chi connectivity index (χ4n) is 3.42. The monoisotopic (exact) mass is 392 g/mol. The maximum atomic E-state index is 13.0. The van der Waals surface area contributed by atoms with Crippen LogP contribution >= 0.6 is 0 Å². The lowest BCUT2D eigenvalue weighted by Crippen LogP contribution is -2.32. The van der Waals surface area contributed by atoms with E-state index >= 15 is 0 Å². The second kappa shape index (κ2) is 8.52. The summed E-state index contributed by atoms with van der Waals surface area (Å²) in [4.78, 5) is 27.1. The molecule has 1 N–H and O–H groups in total. The van der Waals surface area contributed by atoms with E-state index in [1.165, 1.54) is 4.90 Å². The van der Waals surface area contributed by atoms with Crippen molar-refractivity contribution < 1.29 is 14.3 Å². The topological polar surface area (TPSA) is 58.6 Å². The number of aryl methyl sites for hydroxylation is 2. The maximum absolute atomic E-state index is 13.0. The van der Waals surface area contributed by atoms with Crippen LogP contribution in [-0.4, -0.2) is 29.9 Å². The van der Waals surface area contributed by atoms with Crippen molar-refractivity contribution in [1.29, 1.82) is 0 Å². The summed E-state index contributed by atoms with van der Waals surface area (Å²) in [5.41, 5.74) is 4.38. The highest BCUT2D eigenvalue weighted by atomic mass is 16.5. The molecule has 0 aliphatic carbocycles. The number of hydrogen-bond acceptors (Lipinski definition) is 4. The van der Waals surface area contributed by atoms with Gasteiger partial charge in [-0.15, -0.1) is 0 Å². The SMILES string of the molecule is CCN1C(=O)C(Nc2cc(C)cc(C)c2)=C(c2ccc(OCC(C)C)cc2)C1=O. The molecule has 152 valence electrons. The molecule has 2 aromatic carbocycles. The van der Waals surface area contributed by atoms with E-state index in [0.29, 0.717) is 35.9 Å². The molecule has 0 aromatic heterocycles. The number of ether oxygens (including phenoxy) is 1. The van der Waals surface area contributed by atoms with Crippen LogP contribution < -0.4 is 10.1 Å². The number of hydrogen-bond donors (Lipinski definition) is 1. The zero-order chi connectivity index (χ0) is 21.1. The van der Waals surface area contributed by atoms with Gasteiger partial charge in [0.15, 0.2) is 0 Å². The molecule has 1 aliphatic rings. The van der Waals surface area contributed by atoms with Crippen molar-refractivity contribution >= 4 is 23.1 Å².